The zero-order valence-corrected chi connectivity index (χ0v) is 17.2. The van der Waals surface area contributed by atoms with Crippen molar-refractivity contribution in [3.63, 3.8) is 0 Å². The first-order valence-corrected chi connectivity index (χ1v) is 9.65. The molecule has 0 fully saturated rings. The standard InChI is InChI=1S/C27H32N/c1-17-8-9-23-20(12-17)13-25-19(3)22(10-11-24(23)25)26-14-21(15-27(4,5)6)18(2)16-28(26)7/h8-12,14,16H,13,15H2,1-7H3/q+1/i1D3,2D3,15D2. The third-order valence-electron chi connectivity index (χ3n) is 5.42. The molecule has 0 unspecified atom stereocenters. The number of aromatic nitrogens is 1. The average Bonchev–Trinajstić information content (AvgIpc) is 3.11. The third kappa shape index (κ3) is 3.28. The molecule has 0 saturated heterocycles. The van der Waals surface area contributed by atoms with E-state index in [1.54, 1.807) is 50.6 Å². The van der Waals surface area contributed by atoms with Gasteiger partial charge >= 0.3 is 0 Å². The molecule has 1 heteroatoms. The monoisotopic (exact) mass is 378 g/mol. The maximum absolute atomic E-state index is 8.87. The molecule has 0 spiro atoms. The molecule has 28 heavy (non-hydrogen) atoms. The van der Waals surface area contributed by atoms with Crippen molar-refractivity contribution in [2.45, 2.75) is 54.2 Å². The summed E-state index contributed by atoms with van der Waals surface area (Å²) in [7, 11) is 1.78. The van der Waals surface area contributed by atoms with E-state index in [2.05, 4.69) is 0 Å². The lowest BCUT2D eigenvalue weighted by molar-refractivity contribution is -0.660. The fourth-order valence-electron chi connectivity index (χ4n) is 4.13. The minimum atomic E-state index is -2.46. The minimum Gasteiger partial charge on any atom is -0.201 e. The molecule has 0 bridgehead atoms. The van der Waals surface area contributed by atoms with Crippen LogP contribution in [0.15, 0.2) is 42.6 Å². The first kappa shape index (κ1) is 11.6. The first-order valence-electron chi connectivity index (χ1n) is 13.7. The Morgan fingerprint density at radius 3 is 2.50 bits per heavy atom. The summed E-state index contributed by atoms with van der Waals surface area (Å²) in [6, 6.07) is 11.0. The van der Waals surface area contributed by atoms with Crippen LogP contribution in [0.1, 0.15) is 65.1 Å². The van der Waals surface area contributed by atoms with Crippen LogP contribution in [0.4, 0.5) is 0 Å². The summed E-state index contributed by atoms with van der Waals surface area (Å²) in [4.78, 5) is 0. The van der Waals surface area contributed by atoms with Crippen molar-refractivity contribution in [3.8, 4) is 22.4 Å². The van der Waals surface area contributed by atoms with Gasteiger partial charge in [-0.05, 0) is 78.3 Å². The molecule has 0 radical (unpaired) electrons. The van der Waals surface area contributed by atoms with Crippen LogP contribution in [0.3, 0.4) is 0 Å². The Morgan fingerprint density at radius 2 is 1.79 bits per heavy atom. The summed E-state index contributed by atoms with van der Waals surface area (Å²) < 4.78 is 66.9. The van der Waals surface area contributed by atoms with Crippen LogP contribution in [0.5, 0.6) is 0 Å². The summed E-state index contributed by atoms with van der Waals surface area (Å²) >= 11 is 0. The molecule has 3 aromatic rings. The Hall–Kier alpha value is -2.41. The van der Waals surface area contributed by atoms with Crippen molar-refractivity contribution < 1.29 is 15.5 Å². The largest absolute Gasteiger partial charge is 0.212 e. The molecule has 0 N–H and O–H groups in total. The molecule has 4 rings (SSSR count). The van der Waals surface area contributed by atoms with Crippen molar-refractivity contribution in [2.24, 2.45) is 12.5 Å². The molecule has 0 saturated carbocycles. The van der Waals surface area contributed by atoms with Gasteiger partial charge in [0, 0.05) is 28.2 Å². The molecule has 1 heterocycles. The molecule has 0 aliphatic heterocycles. The molecule has 1 nitrogen and oxygen atoms in total. The van der Waals surface area contributed by atoms with Crippen LogP contribution in [-0.2, 0) is 19.8 Å². The Bertz CT molecular complexity index is 1360. The molecular weight excluding hydrogens is 338 g/mol. The molecule has 1 aromatic heterocycles. The second-order valence-electron chi connectivity index (χ2n) is 8.78. The van der Waals surface area contributed by atoms with Crippen molar-refractivity contribution >= 4 is 0 Å². The summed E-state index contributed by atoms with van der Waals surface area (Å²) in [5.74, 6) is 0. The lowest BCUT2D eigenvalue weighted by atomic mass is 9.86. The highest BCUT2D eigenvalue weighted by Gasteiger charge is 2.25. The Kier molecular flexibility index (Phi) is 2.72. The van der Waals surface area contributed by atoms with E-state index in [0.717, 1.165) is 39.1 Å². The molecule has 0 atom stereocenters. The molecule has 0 amide bonds. The third-order valence-corrected chi connectivity index (χ3v) is 5.42. The quantitative estimate of drug-likeness (QED) is 0.362. The zero-order chi connectivity index (χ0) is 27.0. The molecule has 1 aliphatic carbocycles. The highest BCUT2D eigenvalue weighted by molar-refractivity contribution is 5.82. The molecular formula is C27H32N+. The van der Waals surface area contributed by atoms with Crippen LogP contribution >= 0.6 is 0 Å². The van der Waals surface area contributed by atoms with Gasteiger partial charge in [-0.1, -0.05) is 50.6 Å². The maximum Gasteiger partial charge on any atom is 0.212 e. The Morgan fingerprint density at radius 1 is 1.04 bits per heavy atom. The summed E-state index contributed by atoms with van der Waals surface area (Å²) in [6.07, 6.45) is 0.262. The molecule has 144 valence electrons. The van der Waals surface area contributed by atoms with E-state index in [1.807, 2.05) is 25.1 Å². The SMILES string of the molecule is [2H]C([2H])([2H])c1ccc2c(c1)Cc1c-2ccc(-c2cc(C([2H])([2H])C(C)(C)C)c(C([2H])([2H])[2H])c[n+]2C)c1C. The second kappa shape index (κ2) is 6.58. The predicted molar refractivity (Wildman–Crippen MR) is 119 cm³/mol. The van der Waals surface area contributed by atoms with E-state index in [4.69, 9.17) is 11.0 Å². The van der Waals surface area contributed by atoms with Gasteiger partial charge in [0.1, 0.15) is 7.05 Å². The number of nitrogens with zero attached hydrogens (tertiary/aromatic N) is 1. The lowest BCUT2D eigenvalue weighted by Crippen LogP contribution is -2.32. The summed E-state index contributed by atoms with van der Waals surface area (Å²) in [5, 5.41) is 0. The number of rotatable bonds is 2. The van der Waals surface area contributed by atoms with E-state index in [9.17, 15) is 0 Å². The van der Waals surface area contributed by atoms with E-state index in [0.29, 0.717) is 12.0 Å². The summed E-state index contributed by atoms with van der Waals surface area (Å²) in [6.45, 7) is 2.71. The normalized spacial score (nSPS) is 18.5. The maximum atomic E-state index is 8.87. The number of hydrogen-bond acceptors (Lipinski definition) is 0. The van der Waals surface area contributed by atoms with Crippen molar-refractivity contribution in [2.75, 3.05) is 0 Å². The number of pyridine rings is 1. The van der Waals surface area contributed by atoms with Crippen molar-refractivity contribution in [1.29, 1.82) is 0 Å². The first-order chi connectivity index (χ1) is 16.3. The smallest absolute Gasteiger partial charge is 0.201 e. The molecule has 1 aliphatic rings. The highest BCUT2D eigenvalue weighted by atomic mass is 14.9. The average molecular weight is 379 g/mol. The van der Waals surface area contributed by atoms with Gasteiger partial charge in [-0.25, -0.2) is 4.57 Å². The van der Waals surface area contributed by atoms with Gasteiger partial charge < -0.3 is 0 Å². The van der Waals surface area contributed by atoms with Crippen LogP contribution < -0.4 is 4.57 Å². The van der Waals surface area contributed by atoms with Gasteiger partial charge in [-0.2, -0.15) is 0 Å². The number of benzene rings is 2. The number of fused-ring (bicyclic) bond motifs is 3. The van der Waals surface area contributed by atoms with Gasteiger partial charge in [0.05, 0.1) is 0 Å². The van der Waals surface area contributed by atoms with Crippen LogP contribution in [0.2, 0.25) is 0 Å². The van der Waals surface area contributed by atoms with Crippen LogP contribution in [-0.4, -0.2) is 0 Å². The van der Waals surface area contributed by atoms with E-state index < -0.39 is 25.5 Å². The Balaban J connectivity index is 1.90. The topological polar surface area (TPSA) is 3.88 Å². The number of hydrogen-bond donors (Lipinski definition) is 0. The van der Waals surface area contributed by atoms with Gasteiger partial charge in [0.2, 0.25) is 5.69 Å². The van der Waals surface area contributed by atoms with Crippen LogP contribution in [0.25, 0.3) is 22.4 Å². The van der Waals surface area contributed by atoms with E-state index in [-0.39, 0.29) is 11.1 Å². The van der Waals surface area contributed by atoms with E-state index in [1.165, 1.54) is 6.20 Å². The van der Waals surface area contributed by atoms with Crippen LogP contribution in [0, 0.1) is 26.0 Å². The summed E-state index contributed by atoms with van der Waals surface area (Å²) in [5.41, 5.74) is 6.50. The van der Waals surface area contributed by atoms with Gasteiger partial charge in [-0.15, -0.1) is 0 Å². The second-order valence-corrected chi connectivity index (χ2v) is 8.78. The van der Waals surface area contributed by atoms with Gasteiger partial charge in [0.15, 0.2) is 6.20 Å². The fraction of sp³-hybridized carbons (Fsp3) is 0.370. The fourth-order valence-corrected chi connectivity index (χ4v) is 4.13. The highest BCUT2D eigenvalue weighted by Crippen LogP contribution is 2.41. The minimum absolute atomic E-state index is 0.0112. The Labute approximate surface area is 181 Å². The van der Waals surface area contributed by atoms with Gasteiger partial charge in [-0.3, -0.25) is 0 Å². The lowest BCUT2D eigenvalue weighted by Gasteiger charge is -2.20. The van der Waals surface area contributed by atoms with Crippen molar-refractivity contribution in [1.82, 2.24) is 0 Å². The zero-order valence-electron chi connectivity index (χ0n) is 25.2. The van der Waals surface area contributed by atoms with Crippen molar-refractivity contribution in [3.05, 3.63) is 76.0 Å². The predicted octanol–water partition coefficient (Wildman–Crippen LogP) is 6.26. The van der Waals surface area contributed by atoms with E-state index >= 15 is 0 Å². The number of aryl methyl sites for hydroxylation is 3. The molecule has 2 aromatic carbocycles. The van der Waals surface area contributed by atoms with Gasteiger partial charge in [0.25, 0.3) is 0 Å².